The van der Waals surface area contributed by atoms with E-state index in [0.29, 0.717) is 5.69 Å². The Labute approximate surface area is 91.6 Å². The summed E-state index contributed by atoms with van der Waals surface area (Å²) in [5.74, 6) is -0.912. The molecule has 0 radical (unpaired) electrons. The Balaban J connectivity index is 2.81. The Morgan fingerprint density at radius 1 is 1.53 bits per heavy atom. The van der Waals surface area contributed by atoms with Crippen LogP contribution in [-0.4, -0.2) is 22.7 Å². The SMILES string of the molecule is NC(=S)COC(=O)c1cc(N)ccc1O. The van der Waals surface area contributed by atoms with Gasteiger partial charge in [0.15, 0.2) is 0 Å². The lowest BCUT2D eigenvalue weighted by atomic mass is 10.2. The molecule has 0 fully saturated rings. The summed E-state index contributed by atoms with van der Waals surface area (Å²) < 4.78 is 4.70. The lowest BCUT2D eigenvalue weighted by Gasteiger charge is -2.05. The number of carbonyl (C=O) groups is 1. The number of esters is 1. The maximum atomic E-state index is 11.4. The first kappa shape index (κ1) is 11.3. The molecule has 0 aromatic heterocycles. The van der Waals surface area contributed by atoms with Gasteiger partial charge in [-0.15, -0.1) is 0 Å². The number of hydrogen-bond donors (Lipinski definition) is 3. The molecule has 0 heterocycles. The van der Waals surface area contributed by atoms with E-state index in [2.05, 4.69) is 12.2 Å². The molecule has 0 atom stereocenters. The Bertz CT molecular complexity index is 406. The highest BCUT2D eigenvalue weighted by atomic mass is 32.1. The van der Waals surface area contributed by atoms with Crippen LogP contribution >= 0.6 is 12.2 Å². The van der Waals surface area contributed by atoms with Crippen molar-refractivity contribution in [3.63, 3.8) is 0 Å². The molecule has 0 aliphatic heterocycles. The molecule has 0 aliphatic carbocycles. The van der Waals surface area contributed by atoms with Crippen LogP contribution in [0.4, 0.5) is 5.69 Å². The molecule has 0 unspecified atom stereocenters. The molecule has 0 saturated heterocycles. The zero-order chi connectivity index (χ0) is 11.4. The Kier molecular flexibility index (Phi) is 3.46. The van der Waals surface area contributed by atoms with E-state index in [-0.39, 0.29) is 22.9 Å². The van der Waals surface area contributed by atoms with Gasteiger partial charge in [0.2, 0.25) is 0 Å². The minimum Gasteiger partial charge on any atom is -0.507 e. The third kappa shape index (κ3) is 3.10. The molecule has 6 heteroatoms. The molecule has 0 saturated carbocycles. The smallest absolute Gasteiger partial charge is 0.342 e. The molecule has 0 spiro atoms. The molecule has 5 nitrogen and oxygen atoms in total. The highest BCUT2D eigenvalue weighted by Crippen LogP contribution is 2.20. The molecule has 15 heavy (non-hydrogen) atoms. The van der Waals surface area contributed by atoms with Crippen LogP contribution in [0.15, 0.2) is 18.2 Å². The van der Waals surface area contributed by atoms with E-state index in [1.807, 2.05) is 0 Å². The minimum atomic E-state index is -0.715. The maximum Gasteiger partial charge on any atom is 0.342 e. The van der Waals surface area contributed by atoms with Crippen LogP contribution in [0.1, 0.15) is 10.4 Å². The zero-order valence-electron chi connectivity index (χ0n) is 7.77. The van der Waals surface area contributed by atoms with Crippen molar-refractivity contribution in [2.75, 3.05) is 12.3 Å². The number of phenolic OH excluding ortho intramolecular Hbond substituents is 1. The van der Waals surface area contributed by atoms with Crippen LogP contribution in [0.3, 0.4) is 0 Å². The van der Waals surface area contributed by atoms with Gasteiger partial charge in [-0.2, -0.15) is 0 Å². The fourth-order valence-corrected chi connectivity index (χ4v) is 0.991. The van der Waals surface area contributed by atoms with E-state index < -0.39 is 5.97 Å². The number of aromatic hydroxyl groups is 1. The summed E-state index contributed by atoms with van der Waals surface area (Å²) in [5.41, 5.74) is 11.0. The summed E-state index contributed by atoms with van der Waals surface area (Å²) >= 11 is 4.54. The van der Waals surface area contributed by atoms with Gasteiger partial charge in [-0.1, -0.05) is 12.2 Å². The van der Waals surface area contributed by atoms with E-state index in [9.17, 15) is 9.90 Å². The number of nitrogens with two attached hydrogens (primary N) is 2. The van der Waals surface area contributed by atoms with Crippen LogP contribution in [0.2, 0.25) is 0 Å². The molecular weight excluding hydrogens is 216 g/mol. The number of rotatable bonds is 3. The maximum absolute atomic E-state index is 11.4. The zero-order valence-corrected chi connectivity index (χ0v) is 8.58. The third-order valence-electron chi connectivity index (χ3n) is 1.59. The number of nitrogen functional groups attached to an aromatic ring is 1. The van der Waals surface area contributed by atoms with E-state index in [4.69, 9.17) is 16.2 Å². The van der Waals surface area contributed by atoms with Gasteiger partial charge in [-0.25, -0.2) is 4.79 Å². The molecule has 0 amide bonds. The number of thiocarbonyl (C=S) groups is 1. The normalized spacial score (nSPS) is 9.60. The van der Waals surface area contributed by atoms with Crippen LogP contribution in [0.25, 0.3) is 0 Å². The number of carbonyl (C=O) groups excluding carboxylic acids is 1. The number of ether oxygens (including phenoxy) is 1. The van der Waals surface area contributed by atoms with E-state index in [0.717, 1.165) is 0 Å². The number of phenols is 1. The van der Waals surface area contributed by atoms with Crippen molar-refractivity contribution in [3.05, 3.63) is 23.8 Å². The summed E-state index contributed by atoms with van der Waals surface area (Å²) in [7, 11) is 0. The number of anilines is 1. The van der Waals surface area contributed by atoms with Crippen LogP contribution in [0, 0.1) is 0 Å². The molecule has 0 aliphatic rings. The molecule has 5 N–H and O–H groups in total. The Morgan fingerprint density at radius 2 is 2.20 bits per heavy atom. The molecule has 1 rings (SSSR count). The predicted octanol–water partition coefficient (Wildman–Crippen LogP) is 0.417. The topological polar surface area (TPSA) is 98.6 Å². The first-order chi connectivity index (χ1) is 7.00. The Morgan fingerprint density at radius 3 is 2.80 bits per heavy atom. The fourth-order valence-electron chi connectivity index (χ4n) is 0.932. The average Bonchev–Trinajstić information content (AvgIpc) is 2.18. The summed E-state index contributed by atoms with van der Waals surface area (Å²) in [5, 5.41) is 9.35. The van der Waals surface area contributed by atoms with Gasteiger partial charge < -0.3 is 21.3 Å². The summed E-state index contributed by atoms with van der Waals surface area (Å²) in [4.78, 5) is 11.4. The second-order valence-corrected chi connectivity index (χ2v) is 3.34. The molecule has 1 aromatic rings. The van der Waals surface area contributed by atoms with Crippen molar-refractivity contribution in [1.82, 2.24) is 0 Å². The first-order valence-electron chi connectivity index (χ1n) is 4.04. The van der Waals surface area contributed by atoms with Gasteiger partial charge in [0.25, 0.3) is 0 Å². The van der Waals surface area contributed by atoms with Gasteiger partial charge >= 0.3 is 5.97 Å². The molecule has 80 valence electrons. The first-order valence-corrected chi connectivity index (χ1v) is 4.45. The van der Waals surface area contributed by atoms with Crippen LogP contribution in [0.5, 0.6) is 5.75 Å². The quantitative estimate of drug-likeness (QED) is 0.299. The second-order valence-electron chi connectivity index (χ2n) is 2.82. The van der Waals surface area contributed by atoms with Crippen molar-refractivity contribution < 1.29 is 14.6 Å². The van der Waals surface area contributed by atoms with E-state index in [1.165, 1.54) is 18.2 Å². The number of benzene rings is 1. The minimum absolute atomic E-state index is 0.00810. The lowest BCUT2D eigenvalue weighted by molar-refractivity contribution is 0.0561. The molecule has 1 aromatic carbocycles. The monoisotopic (exact) mass is 226 g/mol. The van der Waals surface area contributed by atoms with Gasteiger partial charge in [-0.3, -0.25) is 0 Å². The van der Waals surface area contributed by atoms with Gasteiger partial charge in [-0.05, 0) is 18.2 Å². The van der Waals surface area contributed by atoms with Crippen molar-refractivity contribution in [2.24, 2.45) is 5.73 Å². The van der Waals surface area contributed by atoms with Crippen LogP contribution < -0.4 is 11.5 Å². The third-order valence-corrected chi connectivity index (χ3v) is 1.70. The summed E-state index contributed by atoms with van der Waals surface area (Å²) in [6, 6.07) is 4.10. The molecule has 0 bridgehead atoms. The second kappa shape index (κ2) is 4.61. The highest BCUT2D eigenvalue weighted by Gasteiger charge is 2.12. The van der Waals surface area contributed by atoms with Crippen molar-refractivity contribution in [3.8, 4) is 5.75 Å². The largest absolute Gasteiger partial charge is 0.507 e. The lowest BCUT2D eigenvalue weighted by Crippen LogP contribution is -2.19. The highest BCUT2D eigenvalue weighted by molar-refractivity contribution is 7.80. The van der Waals surface area contributed by atoms with Gasteiger partial charge in [0.05, 0.1) is 0 Å². The summed E-state index contributed by atoms with van der Waals surface area (Å²) in [6.45, 7) is -0.164. The molecular formula is C9H10N2O3S. The predicted molar refractivity (Wildman–Crippen MR) is 59.6 cm³/mol. The number of hydrogen-bond acceptors (Lipinski definition) is 5. The van der Waals surface area contributed by atoms with E-state index in [1.54, 1.807) is 0 Å². The van der Waals surface area contributed by atoms with Crippen molar-refractivity contribution >= 4 is 28.9 Å². The van der Waals surface area contributed by atoms with Gasteiger partial charge in [0.1, 0.15) is 22.9 Å². The van der Waals surface area contributed by atoms with Crippen molar-refractivity contribution in [2.45, 2.75) is 0 Å². The van der Waals surface area contributed by atoms with E-state index >= 15 is 0 Å². The fraction of sp³-hybridized carbons (Fsp3) is 0.111. The van der Waals surface area contributed by atoms with Crippen molar-refractivity contribution in [1.29, 1.82) is 0 Å². The van der Waals surface area contributed by atoms with Crippen LogP contribution in [-0.2, 0) is 4.74 Å². The standard InChI is InChI=1S/C9H10N2O3S/c10-5-1-2-7(12)6(3-5)9(13)14-4-8(11)15/h1-3,12H,4,10H2,(H2,11,15). The Hall–Kier alpha value is -1.82. The average molecular weight is 226 g/mol. The van der Waals surface area contributed by atoms with Gasteiger partial charge in [0, 0.05) is 5.69 Å². The summed E-state index contributed by atoms with van der Waals surface area (Å²) in [6.07, 6.45) is 0.